The van der Waals surface area contributed by atoms with E-state index in [1.165, 1.54) is 27.9 Å². The van der Waals surface area contributed by atoms with Crippen molar-refractivity contribution in [3.63, 3.8) is 0 Å². The van der Waals surface area contributed by atoms with Gasteiger partial charge in [0.2, 0.25) is 5.91 Å². The number of amides is 1. The molecule has 0 fully saturated rings. The Morgan fingerprint density at radius 2 is 1.58 bits per heavy atom. The van der Waals surface area contributed by atoms with Gasteiger partial charge in [-0.2, -0.15) is 0 Å². The van der Waals surface area contributed by atoms with Gasteiger partial charge in [0.05, 0.1) is 37.3 Å². The third-order valence-corrected chi connectivity index (χ3v) is 3.34. The molecule has 9 heteroatoms. The third kappa shape index (κ3) is 6.88. The summed E-state index contributed by atoms with van der Waals surface area (Å²) in [6, 6.07) is 3.25. The van der Waals surface area contributed by atoms with Crippen LogP contribution in [0.3, 0.4) is 0 Å². The zero-order valence-corrected chi connectivity index (χ0v) is 15.5. The van der Waals surface area contributed by atoms with Crippen LogP contribution in [0.25, 0.3) is 0 Å². The fraction of sp³-hybridized carbons (Fsp3) is 0.471. The van der Waals surface area contributed by atoms with Gasteiger partial charge in [0.25, 0.3) is 0 Å². The largest absolute Gasteiger partial charge is 0.495 e. The van der Waals surface area contributed by atoms with E-state index < -0.39 is 11.9 Å². The van der Waals surface area contributed by atoms with Crippen molar-refractivity contribution in [3.05, 3.63) is 12.1 Å². The lowest BCUT2D eigenvalue weighted by molar-refractivity contribution is -0.141. The Balaban J connectivity index is 3.11. The first-order valence-corrected chi connectivity index (χ1v) is 8.01. The molecular weight excluding hydrogens is 342 g/mol. The Bertz CT molecular complexity index is 642. The van der Waals surface area contributed by atoms with Gasteiger partial charge in [0, 0.05) is 26.8 Å². The number of nitrogen functional groups attached to an aromatic ring is 1. The van der Waals surface area contributed by atoms with Crippen LogP contribution in [0.15, 0.2) is 12.1 Å². The first kappa shape index (κ1) is 21.1. The number of benzene rings is 1. The van der Waals surface area contributed by atoms with E-state index in [2.05, 4.69) is 5.32 Å². The highest BCUT2D eigenvalue weighted by molar-refractivity contribution is 5.94. The number of nitrogens with two attached hydrogens (primary N) is 1. The van der Waals surface area contributed by atoms with Crippen molar-refractivity contribution >= 4 is 34.9 Å². The van der Waals surface area contributed by atoms with E-state index in [-0.39, 0.29) is 19.1 Å². The summed E-state index contributed by atoms with van der Waals surface area (Å²) < 4.78 is 15.4. The molecule has 0 bridgehead atoms. The van der Waals surface area contributed by atoms with Crippen LogP contribution in [-0.2, 0) is 23.9 Å². The van der Waals surface area contributed by atoms with Crippen molar-refractivity contribution in [2.24, 2.45) is 0 Å². The molecule has 0 spiro atoms. The van der Waals surface area contributed by atoms with Crippen LogP contribution >= 0.6 is 0 Å². The van der Waals surface area contributed by atoms with Gasteiger partial charge in [-0.15, -0.1) is 0 Å². The summed E-state index contributed by atoms with van der Waals surface area (Å²) in [6.45, 7) is 4.96. The van der Waals surface area contributed by atoms with Crippen molar-refractivity contribution in [1.82, 2.24) is 0 Å². The summed E-state index contributed by atoms with van der Waals surface area (Å²) in [4.78, 5) is 35.2. The molecule has 1 aromatic rings. The minimum absolute atomic E-state index is 0.137. The zero-order chi connectivity index (χ0) is 19.7. The quantitative estimate of drug-likeness (QED) is 0.493. The molecule has 26 heavy (non-hydrogen) atoms. The minimum atomic E-state index is -0.395. The number of anilines is 3. The van der Waals surface area contributed by atoms with E-state index in [0.717, 1.165) is 0 Å². The van der Waals surface area contributed by atoms with Crippen molar-refractivity contribution in [2.75, 3.05) is 49.4 Å². The SMILES string of the molecule is COc1cc(N)c(NC(C)=O)cc1N(CCOC(C)=O)CCOC(C)=O. The van der Waals surface area contributed by atoms with Crippen molar-refractivity contribution < 1.29 is 28.6 Å². The van der Waals surface area contributed by atoms with Crippen LogP contribution in [0.5, 0.6) is 5.75 Å². The number of nitrogens with zero attached hydrogens (tertiary/aromatic N) is 1. The van der Waals surface area contributed by atoms with Gasteiger partial charge in [-0.1, -0.05) is 0 Å². The summed E-state index contributed by atoms with van der Waals surface area (Å²) in [7, 11) is 1.49. The number of nitrogens with one attached hydrogen (secondary N) is 1. The van der Waals surface area contributed by atoms with Crippen molar-refractivity contribution in [2.45, 2.75) is 20.8 Å². The maximum atomic E-state index is 11.4. The Kier molecular flexibility index (Phi) is 8.20. The molecule has 0 aliphatic heterocycles. The molecule has 144 valence electrons. The summed E-state index contributed by atoms with van der Waals surface area (Å²) in [5, 5.41) is 2.65. The van der Waals surface area contributed by atoms with Gasteiger partial charge in [0.15, 0.2) is 0 Å². The average molecular weight is 367 g/mol. The van der Waals surface area contributed by atoms with Gasteiger partial charge in [-0.25, -0.2) is 0 Å². The number of methoxy groups -OCH3 is 1. The molecule has 0 atom stereocenters. The van der Waals surface area contributed by atoms with Crippen LogP contribution in [0.1, 0.15) is 20.8 Å². The second-order valence-electron chi connectivity index (χ2n) is 5.46. The molecular formula is C17H25N3O6. The lowest BCUT2D eigenvalue weighted by Crippen LogP contribution is -2.32. The second-order valence-corrected chi connectivity index (χ2v) is 5.46. The summed E-state index contributed by atoms with van der Waals surface area (Å²) in [5.74, 6) is -0.581. The van der Waals surface area contributed by atoms with Gasteiger partial charge < -0.3 is 30.2 Å². The molecule has 9 nitrogen and oxygen atoms in total. The number of carbonyl (C=O) groups is 3. The number of hydrogen-bond donors (Lipinski definition) is 2. The lowest BCUT2D eigenvalue weighted by atomic mass is 10.2. The fourth-order valence-electron chi connectivity index (χ4n) is 2.24. The highest BCUT2D eigenvalue weighted by atomic mass is 16.5. The molecule has 0 aliphatic rings. The first-order valence-electron chi connectivity index (χ1n) is 8.01. The maximum Gasteiger partial charge on any atom is 0.302 e. The Morgan fingerprint density at radius 1 is 1.04 bits per heavy atom. The van der Waals surface area contributed by atoms with Crippen LogP contribution in [0, 0.1) is 0 Å². The summed E-state index contributed by atoms with van der Waals surface area (Å²) in [6.07, 6.45) is 0. The van der Waals surface area contributed by atoms with Gasteiger partial charge in [0.1, 0.15) is 19.0 Å². The van der Waals surface area contributed by atoms with E-state index in [1.54, 1.807) is 12.1 Å². The van der Waals surface area contributed by atoms with Crippen molar-refractivity contribution in [3.8, 4) is 5.75 Å². The lowest BCUT2D eigenvalue weighted by Gasteiger charge is -2.27. The van der Waals surface area contributed by atoms with E-state index in [4.69, 9.17) is 19.9 Å². The van der Waals surface area contributed by atoms with Gasteiger partial charge in [-0.05, 0) is 6.07 Å². The highest BCUT2D eigenvalue weighted by Crippen LogP contribution is 2.35. The van der Waals surface area contributed by atoms with Crippen LogP contribution < -0.4 is 20.7 Å². The van der Waals surface area contributed by atoms with Gasteiger partial charge >= 0.3 is 11.9 Å². The average Bonchev–Trinajstić information content (AvgIpc) is 2.54. The predicted octanol–water partition coefficient (Wildman–Crippen LogP) is 1.17. The Hall–Kier alpha value is -2.97. The van der Waals surface area contributed by atoms with E-state index in [9.17, 15) is 14.4 Å². The topological polar surface area (TPSA) is 120 Å². The molecule has 1 rings (SSSR count). The monoisotopic (exact) mass is 367 g/mol. The third-order valence-electron chi connectivity index (χ3n) is 3.34. The molecule has 0 saturated heterocycles. The number of carbonyl (C=O) groups excluding carboxylic acids is 3. The van der Waals surface area contributed by atoms with E-state index in [1.807, 2.05) is 4.90 Å². The predicted molar refractivity (Wildman–Crippen MR) is 97.2 cm³/mol. The molecule has 0 heterocycles. The molecule has 0 saturated carbocycles. The van der Waals surface area contributed by atoms with Crippen molar-refractivity contribution in [1.29, 1.82) is 0 Å². The number of ether oxygens (including phenoxy) is 3. The first-order chi connectivity index (χ1) is 12.2. The molecule has 3 N–H and O–H groups in total. The molecule has 0 radical (unpaired) electrons. The number of hydrogen-bond acceptors (Lipinski definition) is 8. The van der Waals surface area contributed by atoms with E-state index in [0.29, 0.717) is 35.9 Å². The Labute approximate surface area is 152 Å². The molecule has 0 aromatic heterocycles. The van der Waals surface area contributed by atoms with Crippen LogP contribution in [0.2, 0.25) is 0 Å². The molecule has 1 aromatic carbocycles. The zero-order valence-electron chi connectivity index (χ0n) is 15.5. The summed E-state index contributed by atoms with van der Waals surface area (Å²) >= 11 is 0. The maximum absolute atomic E-state index is 11.4. The fourth-order valence-corrected chi connectivity index (χ4v) is 2.24. The summed E-state index contributed by atoms with van der Waals surface area (Å²) in [5.41, 5.74) is 7.33. The number of rotatable bonds is 9. The smallest absolute Gasteiger partial charge is 0.302 e. The van der Waals surface area contributed by atoms with Crippen LogP contribution in [0.4, 0.5) is 17.1 Å². The standard InChI is InChI=1S/C17H25N3O6/c1-11(21)19-15-10-16(17(24-4)9-14(15)18)20(5-7-25-12(2)22)6-8-26-13(3)23/h9-10H,5-8,18H2,1-4H3,(H,19,21). The number of esters is 2. The minimum Gasteiger partial charge on any atom is -0.495 e. The molecule has 0 unspecified atom stereocenters. The van der Waals surface area contributed by atoms with E-state index >= 15 is 0 Å². The Morgan fingerprint density at radius 3 is 2.00 bits per heavy atom. The molecule has 0 aliphatic carbocycles. The second kappa shape index (κ2) is 10.1. The van der Waals surface area contributed by atoms with Crippen LogP contribution in [-0.4, -0.2) is 51.3 Å². The highest BCUT2D eigenvalue weighted by Gasteiger charge is 2.17. The molecule has 1 amide bonds. The van der Waals surface area contributed by atoms with Gasteiger partial charge in [-0.3, -0.25) is 14.4 Å². The normalized spacial score (nSPS) is 10.0.